The third kappa shape index (κ3) is 6.32. The second kappa shape index (κ2) is 10.4. The van der Waals surface area contributed by atoms with Gasteiger partial charge >= 0.3 is 0 Å². The summed E-state index contributed by atoms with van der Waals surface area (Å²) in [6.45, 7) is 10.0. The van der Waals surface area contributed by atoms with Crippen molar-refractivity contribution in [2.45, 2.75) is 72.6 Å². The molecule has 0 saturated heterocycles. The first-order valence-electron chi connectivity index (χ1n) is 8.47. The zero-order valence-corrected chi connectivity index (χ0v) is 14.2. The molecule has 4 nitrogen and oxygen atoms in total. The minimum absolute atomic E-state index is 0.742. The molecule has 0 fully saturated rings. The van der Waals surface area contributed by atoms with Gasteiger partial charge < -0.3 is 10.1 Å². The molecule has 0 bridgehead atoms. The Morgan fingerprint density at radius 3 is 2.33 bits per heavy atom. The lowest BCUT2D eigenvalue weighted by atomic mass is 10.1. The highest BCUT2D eigenvalue weighted by Gasteiger charge is 2.10. The minimum atomic E-state index is 0.742. The quantitative estimate of drug-likeness (QED) is 0.609. The largest absolute Gasteiger partial charge is 0.477 e. The van der Waals surface area contributed by atoms with E-state index in [9.17, 15) is 0 Å². The smallest absolute Gasteiger partial charge is 0.221 e. The van der Waals surface area contributed by atoms with Crippen LogP contribution in [0.1, 0.15) is 70.7 Å². The molecule has 1 N–H and O–H groups in total. The fraction of sp³-hybridized carbons (Fsp3) is 0.765. The average Bonchev–Trinajstić information content (AvgIpc) is 2.49. The molecule has 0 aliphatic rings. The zero-order valence-electron chi connectivity index (χ0n) is 14.2. The second-order valence-corrected chi connectivity index (χ2v) is 5.42. The number of hydrogen-bond acceptors (Lipinski definition) is 4. The van der Waals surface area contributed by atoms with Crippen molar-refractivity contribution in [3.05, 3.63) is 11.4 Å². The highest BCUT2D eigenvalue weighted by Crippen LogP contribution is 2.22. The SMILES string of the molecule is CCCCCCCCOc1nc(CC)nc(NCC)c1C. The molecule has 0 spiro atoms. The Balaban J connectivity index is 2.48. The fourth-order valence-corrected chi connectivity index (χ4v) is 2.23. The lowest BCUT2D eigenvalue weighted by molar-refractivity contribution is 0.290. The molecule has 0 radical (unpaired) electrons. The zero-order chi connectivity index (χ0) is 15.5. The minimum Gasteiger partial charge on any atom is -0.477 e. The Morgan fingerprint density at radius 1 is 0.952 bits per heavy atom. The molecule has 4 heteroatoms. The first kappa shape index (κ1) is 17.7. The topological polar surface area (TPSA) is 47.0 Å². The van der Waals surface area contributed by atoms with Gasteiger partial charge in [-0.3, -0.25) is 0 Å². The maximum Gasteiger partial charge on any atom is 0.221 e. The van der Waals surface area contributed by atoms with E-state index in [-0.39, 0.29) is 0 Å². The van der Waals surface area contributed by atoms with E-state index in [0.29, 0.717) is 0 Å². The van der Waals surface area contributed by atoms with E-state index in [0.717, 1.165) is 49.1 Å². The van der Waals surface area contributed by atoms with Gasteiger partial charge in [-0.2, -0.15) is 4.98 Å². The molecule has 0 aliphatic carbocycles. The van der Waals surface area contributed by atoms with Gasteiger partial charge in [0.15, 0.2) is 0 Å². The molecular weight excluding hydrogens is 262 g/mol. The third-order valence-electron chi connectivity index (χ3n) is 3.54. The molecule has 1 aromatic heterocycles. The molecule has 21 heavy (non-hydrogen) atoms. The maximum atomic E-state index is 5.88. The lowest BCUT2D eigenvalue weighted by Crippen LogP contribution is -2.09. The van der Waals surface area contributed by atoms with Gasteiger partial charge in [-0.15, -0.1) is 0 Å². The number of nitrogens with one attached hydrogen (secondary N) is 1. The average molecular weight is 293 g/mol. The highest BCUT2D eigenvalue weighted by atomic mass is 16.5. The van der Waals surface area contributed by atoms with Crippen LogP contribution in [0, 0.1) is 6.92 Å². The number of aryl methyl sites for hydroxylation is 1. The highest BCUT2D eigenvalue weighted by molar-refractivity contribution is 5.48. The predicted molar refractivity (Wildman–Crippen MR) is 89.2 cm³/mol. The standard InChI is InChI=1S/C17H31N3O/c1-5-8-9-10-11-12-13-21-17-14(4)16(18-7-3)19-15(6-2)20-17/h5-13H2,1-4H3,(H,18,19,20). The summed E-state index contributed by atoms with van der Waals surface area (Å²) in [5, 5.41) is 3.28. The van der Waals surface area contributed by atoms with Crippen molar-refractivity contribution in [2.24, 2.45) is 0 Å². The maximum absolute atomic E-state index is 5.88. The van der Waals surface area contributed by atoms with Crippen LogP contribution in [0.4, 0.5) is 5.82 Å². The van der Waals surface area contributed by atoms with Gasteiger partial charge in [-0.05, 0) is 20.3 Å². The summed E-state index contributed by atoms with van der Waals surface area (Å²) >= 11 is 0. The predicted octanol–water partition coefficient (Wildman–Crippen LogP) is 4.52. The van der Waals surface area contributed by atoms with Crippen LogP contribution in [0.5, 0.6) is 5.88 Å². The number of aromatic nitrogens is 2. The van der Waals surface area contributed by atoms with Gasteiger partial charge in [0.2, 0.25) is 5.88 Å². The molecule has 1 heterocycles. The van der Waals surface area contributed by atoms with Gasteiger partial charge in [-0.25, -0.2) is 4.98 Å². The first-order valence-corrected chi connectivity index (χ1v) is 8.47. The van der Waals surface area contributed by atoms with Crippen molar-refractivity contribution in [3.8, 4) is 5.88 Å². The monoisotopic (exact) mass is 293 g/mol. The number of nitrogens with zero attached hydrogens (tertiary/aromatic N) is 2. The summed E-state index contributed by atoms with van der Waals surface area (Å²) in [5.41, 5.74) is 1.01. The summed E-state index contributed by atoms with van der Waals surface area (Å²) in [5.74, 6) is 2.49. The number of hydrogen-bond donors (Lipinski definition) is 1. The Bertz CT molecular complexity index is 407. The van der Waals surface area contributed by atoms with Crippen molar-refractivity contribution in [1.29, 1.82) is 0 Å². The van der Waals surface area contributed by atoms with Crippen LogP contribution in [0.25, 0.3) is 0 Å². The fourth-order valence-electron chi connectivity index (χ4n) is 2.23. The molecule has 1 rings (SSSR count). The molecule has 0 unspecified atom stereocenters. The molecule has 0 aromatic carbocycles. The van der Waals surface area contributed by atoms with Gasteiger partial charge in [0, 0.05) is 13.0 Å². The first-order chi connectivity index (χ1) is 10.2. The number of unbranched alkanes of at least 4 members (excludes halogenated alkanes) is 5. The lowest BCUT2D eigenvalue weighted by Gasteiger charge is -2.13. The van der Waals surface area contributed by atoms with E-state index >= 15 is 0 Å². The molecule has 0 atom stereocenters. The summed E-state index contributed by atoms with van der Waals surface area (Å²) in [4.78, 5) is 9.02. The van der Waals surface area contributed by atoms with Gasteiger partial charge in [0.05, 0.1) is 12.2 Å². The Labute approximate surface area is 129 Å². The Morgan fingerprint density at radius 2 is 1.67 bits per heavy atom. The number of anilines is 1. The van der Waals surface area contributed by atoms with Crippen LogP contribution in [0.3, 0.4) is 0 Å². The van der Waals surface area contributed by atoms with E-state index in [2.05, 4.69) is 36.1 Å². The van der Waals surface area contributed by atoms with Gasteiger partial charge in [-0.1, -0.05) is 46.0 Å². The van der Waals surface area contributed by atoms with Gasteiger partial charge in [0.25, 0.3) is 0 Å². The molecule has 1 aromatic rings. The van der Waals surface area contributed by atoms with Crippen molar-refractivity contribution < 1.29 is 4.74 Å². The number of rotatable bonds is 11. The van der Waals surface area contributed by atoms with E-state index in [1.165, 1.54) is 32.1 Å². The van der Waals surface area contributed by atoms with Crippen molar-refractivity contribution in [1.82, 2.24) is 9.97 Å². The van der Waals surface area contributed by atoms with Crippen molar-refractivity contribution in [2.75, 3.05) is 18.5 Å². The molecule has 120 valence electrons. The van der Waals surface area contributed by atoms with Crippen LogP contribution < -0.4 is 10.1 Å². The van der Waals surface area contributed by atoms with Crippen LogP contribution in [0.15, 0.2) is 0 Å². The van der Waals surface area contributed by atoms with Crippen LogP contribution >= 0.6 is 0 Å². The van der Waals surface area contributed by atoms with Crippen molar-refractivity contribution in [3.63, 3.8) is 0 Å². The Hall–Kier alpha value is -1.32. The van der Waals surface area contributed by atoms with Crippen LogP contribution in [0.2, 0.25) is 0 Å². The summed E-state index contributed by atoms with van der Waals surface area (Å²) in [6, 6.07) is 0. The van der Waals surface area contributed by atoms with E-state index in [1.54, 1.807) is 0 Å². The van der Waals surface area contributed by atoms with Crippen LogP contribution in [-0.2, 0) is 6.42 Å². The van der Waals surface area contributed by atoms with E-state index < -0.39 is 0 Å². The number of ether oxygens (including phenoxy) is 1. The molecular formula is C17H31N3O. The third-order valence-corrected chi connectivity index (χ3v) is 3.54. The van der Waals surface area contributed by atoms with Crippen molar-refractivity contribution >= 4 is 5.82 Å². The molecule has 0 amide bonds. The molecule has 0 aliphatic heterocycles. The van der Waals surface area contributed by atoms with E-state index in [4.69, 9.17) is 4.74 Å². The summed E-state index contributed by atoms with van der Waals surface area (Å²) in [6.07, 6.45) is 8.46. The summed E-state index contributed by atoms with van der Waals surface area (Å²) in [7, 11) is 0. The second-order valence-electron chi connectivity index (χ2n) is 5.42. The molecule has 0 saturated carbocycles. The summed E-state index contributed by atoms with van der Waals surface area (Å²) < 4.78 is 5.88. The van der Waals surface area contributed by atoms with Gasteiger partial charge in [0.1, 0.15) is 11.6 Å². The normalized spacial score (nSPS) is 10.7. The van der Waals surface area contributed by atoms with Crippen LogP contribution in [-0.4, -0.2) is 23.1 Å². The van der Waals surface area contributed by atoms with E-state index in [1.807, 2.05) is 6.92 Å². The Kier molecular flexibility index (Phi) is 8.79.